The number of hydrogen-bond donors (Lipinski definition) is 2. The Bertz CT molecular complexity index is 962. The molecule has 130 valence electrons. The van der Waals surface area contributed by atoms with Crippen molar-refractivity contribution in [1.29, 1.82) is 0 Å². The molecule has 0 radical (unpaired) electrons. The molecule has 0 aromatic carbocycles. The SMILES string of the molecule is Cc1c(C(=O)NCc2ccncc2)sc2nc(CN(C)C)[nH]c(=O)c12. The first-order valence-electron chi connectivity index (χ1n) is 7.80. The fraction of sp³-hybridized carbons (Fsp3) is 0.294. The van der Waals surface area contributed by atoms with E-state index in [2.05, 4.69) is 20.3 Å². The molecular formula is C17H19N5O2S. The fourth-order valence-electron chi connectivity index (χ4n) is 2.54. The molecule has 0 bridgehead atoms. The molecule has 3 aromatic heterocycles. The van der Waals surface area contributed by atoms with Crippen LogP contribution in [0.2, 0.25) is 0 Å². The first-order chi connectivity index (χ1) is 12.0. The summed E-state index contributed by atoms with van der Waals surface area (Å²) in [5.74, 6) is 0.387. The standard InChI is InChI=1S/C17H19N5O2S/c1-10-13-15(23)20-12(9-22(2)3)21-17(13)25-14(10)16(24)19-8-11-4-6-18-7-5-11/h4-7H,8-9H2,1-3H3,(H,19,24)(H,20,21,23). The van der Waals surface area contributed by atoms with E-state index in [1.807, 2.05) is 31.1 Å². The molecule has 0 fully saturated rings. The molecule has 3 heterocycles. The molecule has 0 aliphatic heterocycles. The summed E-state index contributed by atoms with van der Waals surface area (Å²) >= 11 is 1.25. The highest BCUT2D eigenvalue weighted by Crippen LogP contribution is 2.27. The Hall–Kier alpha value is -2.58. The van der Waals surface area contributed by atoms with Gasteiger partial charge in [0.2, 0.25) is 0 Å². The van der Waals surface area contributed by atoms with Crippen LogP contribution in [0.1, 0.15) is 26.6 Å². The highest BCUT2D eigenvalue weighted by Gasteiger charge is 2.19. The third-order valence-corrected chi connectivity index (χ3v) is 4.91. The molecule has 0 spiro atoms. The topological polar surface area (TPSA) is 91.0 Å². The number of rotatable bonds is 5. The summed E-state index contributed by atoms with van der Waals surface area (Å²) < 4.78 is 0. The number of carbonyl (C=O) groups excluding carboxylic acids is 1. The van der Waals surface area contributed by atoms with Crippen molar-refractivity contribution < 1.29 is 4.79 Å². The lowest BCUT2D eigenvalue weighted by Gasteiger charge is -2.07. The summed E-state index contributed by atoms with van der Waals surface area (Å²) in [7, 11) is 3.81. The molecule has 0 saturated carbocycles. The van der Waals surface area contributed by atoms with Crippen molar-refractivity contribution in [3.05, 3.63) is 56.7 Å². The molecule has 0 unspecified atom stereocenters. The van der Waals surface area contributed by atoms with E-state index in [9.17, 15) is 9.59 Å². The Morgan fingerprint density at radius 3 is 2.72 bits per heavy atom. The van der Waals surface area contributed by atoms with Crippen LogP contribution >= 0.6 is 11.3 Å². The fourth-order valence-corrected chi connectivity index (χ4v) is 3.66. The number of hydrogen-bond acceptors (Lipinski definition) is 6. The summed E-state index contributed by atoms with van der Waals surface area (Å²) in [4.78, 5) is 39.2. The van der Waals surface area contributed by atoms with E-state index in [-0.39, 0.29) is 11.5 Å². The van der Waals surface area contributed by atoms with E-state index in [1.165, 1.54) is 11.3 Å². The van der Waals surface area contributed by atoms with Crippen molar-refractivity contribution in [2.45, 2.75) is 20.0 Å². The van der Waals surface area contributed by atoms with Gasteiger partial charge in [0.05, 0.1) is 16.8 Å². The molecule has 0 atom stereocenters. The van der Waals surface area contributed by atoms with Crippen LogP contribution in [0, 0.1) is 6.92 Å². The number of fused-ring (bicyclic) bond motifs is 1. The van der Waals surface area contributed by atoms with E-state index in [0.29, 0.717) is 39.6 Å². The van der Waals surface area contributed by atoms with E-state index in [4.69, 9.17) is 0 Å². The predicted molar refractivity (Wildman–Crippen MR) is 97.8 cm³/mol. The van der Waals surface area contributed by atoms with Crippen molar-refractivity contribution in [1.82, 2.24) is 25.2 Å². The van der Waals surface area contributed by atoms with Gasteiger partial charge in [-0.1, -0.05) is 0 Å². The van der Waals surface area contributed by atoms with Gasteiger partial charge in [0, 0.05) is 18.9 Å². The zero-order valence-electron chi connectivity index (χ0n) is 14.3. The molecule has 0 aliphatic rings. The first kappa shape index (κ1) is 17.2. The summed E-state index contributed by atoms with van der Waals surface area (Å²) in [6, 6.07) is 3.69. The maximum absolute atomic E-state index is 12.5. The van der Waals surface area contributed by atoms with Crippen LogP contribution in [0.25, 0.3) is 10.2 Å². The Labute approximate surface area is 148 Å². The Balaban J connectivity index is 1.88. The normalized spacial score (nSPS) is 11.2. The van der Waals surface area contributed by atoms with Crippen LogP contribution in [0.15, 0.2) is 29.3 Å². The third-order valence-electron chi connectivity index (χ3n) is 3.72. The molecule has 0 aliphatic carbocycles. The van der Waals surface area contributed by atoms with Gasteiger partial charge >= 0.3 is 0 Å². The molecule has 3 aromatic rings. The van der Waals surface area contributed by atoms with Crippen molar-refractivity contribution in [3.63, 3.8) is 0 Å². The van der Waals surface area contributed by atoms with Gasteiger partial charge in [0.15, 0.2) is 0 Å². The van der Waals surface area contributed by atoms with E-state index in [0.717, 1.165) is 5.56 Å². The van der Waals surface area contributed by atoms with Crippen LogP contribution < -0.4 is 10.9 Å². The van der Waals surface area contributed by atoms with E-state index in [1.54, 1.807) is 19.3 Å². The van der Waals surface area contributed by atoms with Gasteiger partial charge in [0.1, 0.15) is 10.7 Å². The lowest BCUT2D eigenvalue weighted by molar-refractivity contribution is 0.0954. The van der Waals surface area contributed by atoms with Gasteiger partial charge < -0.3 is 15.2 Å². The molecule has 8 heteroatoms. The largest absolute Gasteiger partial charge is 0.347 e. The van der Waals surface area contributed by atoms with Crippen molar-refractivity contribution in [2.24, 2.45) is 0 Å². The third kappa shape index (κ3) is 3.75. The molecule has 3 rings (SSSR count). The molecular weight excluding hydrogens is 338 g/mol. The molecule has 2 N–H and O–H groups in total. The predicted octanol–water partition coefficient (Wildman–Crippen LogP) is 1.68. The number of aryl methyl sites for hydroxylation is 1. The van der Waals surface area contributed by atoms with Gasteiger partial charge in [0.25, 0.3) is 11.5 Å². The number of nitrogens with zero attached hydrogens (tertiary/aromatic N) is 3. The molecule has 25 heavy (non-hydrogen) atoms. The Kier molecular flexibility index (Phi) is 4.91. The minimum atomic E-state index is -0.205. The second-order valence-corrected chi connectivity index (χ2v) is 7.02. The number of nitrogens with one attached hydrogen (secondary N) is 2. The molecule has 1 amide bonds. The summed E-state index contributed by atoms with van der Waals surface area (Å²) in [6.45, 7) is 2.72. The van der Waals surface area contributed by atoms with Crippen LogP contribution in [-0.2, 0) is 13.1 Å². The number of pyridine rings is 1. The van der Waals surface area contributed by atoms with Gasteiger partial charge in [-0.25, -0.2) is 4.98 Å². The summed E-state index contributed by atoms with van der Waals surface area (Å²) in [6.07, 6.45) is 3.36. The highest BCUT2D eigenvalue weighted by atomic mass is 32.1. The Morgan fingerprint density at radius 1 is 1.32 bits per heavy atom. The maximum Gasteiger partial charge on any atom is 0.261 e. The quantitative estimate of drug-likeness (QED) is 0.725. The average Bonchev–Trinajstić information content (AvgIpc) is 2.90. The second kappa shape index (κ2) is 7.12. The monoisotopic (exact) mass is 357 g/mol. The van der Waals surface area contributed by atoms with Crippen molar-refractivity contribution in [3.8, 4) is 0 Å². The van der Waals surface area contributed by atoms with Crippen LogP contribution in [0.4, 0.5) is 0 Å². The summed E-state index contributed by atoms with van der Waals surface area (Å²) in [5, 5.41) is 3.37. The van der Waals surface area contributed by atoms with Crippen molar-refractivity contribution >= 4 is 27.5 Å². The minimum Gasteiger partial charge on any atom is -0.347 e. The average molecular weight is 357 g/mol. The first-order valence-corrected chi connectivity index (χ1v) is 8.61. The zero-order valence-corrected chi connectivity index (χ0v) is 15.1. The minimum absolute atomic E-state index is 0.203. The number of thiophene rings is 1. The number of aromatic nitrogens is 3. The lowest BCUT2D eigenvalue weighted by atomic mass is 10.2. The van der Waals surface area contributed by atoms with Crippen LogP contribution in [-0.4, -0.2) is 39.9 Å². The van der Waals surface area contributed by atoms with Crippen LogP contribution in [0.5, 0.6) is 0 Å². The van der Waals surface area contributed by atoms with Gasteiger partial charge in [-0.2, -0.15) is 0 Å². The van der Waals surface area contributed by atoms with Crippen molar-refractivity contribution in [2.75, 3.05) is 14.1 Å². The highest BCUT2D eigenvalue weighted by molar-refractivity contribution is 7.20. The van der Waals surface area contributed by atoms with E-state index < -0.39 is 0 Å². The van der Waals surface area contributed by atoms with Gasteiger partial charge in [-0.3, -0.25) is 14.6 Å². The molecule has 7 nitrogen and oxygen atoms in total. The van der Waals surface area contributed by atoms with Gasteiger partial charge in [-0.05, 0) is 44.3 Å². The zero-order chi connectivity index (χ0) is 18.0. The Morgan fingerprint density at radius 2 is 2.04 bits per heavy atom. The number of aromatic amines is 1. The number of carbonyl (C=O) groups is 1. The summed E-state index contributed by atoms with van der Waals surface area (Å²) in [5.41, 5.74) is 1.42. The maximum atomic E-state index is 12.5. The number of amides is 1. The number of H-pyrrole nitrogens is 1. The smallest absolute Gasteiger partial charge is 0.261 e. The lowest BCUT2D eigenvalue weighted by Crippen LogP contribution is -2.22. The van der Waals surface area contributed by atoms with Crippen LogP contribution in [0.3, 0.4) is 0 Å². The molecule has 0 saturated heterocycles. The van der Waals surface area contributed by atoms with E-state index >= 15 is 0 Å². The second-order valence-electron chi connectivity index (χ2n) is 6.02. The van der Waals surface area contributed by atoms with Gasteiger partial charge in [-0.15, -0.1) is 11.3 Å².